The number of anilines is 2. The summed E-state index contributed by atoms with van der Waals surface area (Å²) < 4.78 is 0.921. The van der Waals surface area contributed by atoms with Crippen molar-refractivity contribution in [2.45, 2.75) is 25.7 Å². The van der Waals surface area contributed by atoms with E-state index in [-0.39, 0.29) is 18.2 Å². The Morgan fingerprint density at radius 1 is 0.926 bits per heavy atom. The molecule has 1 aliphatic rings. The number of amides is 2. The predicted octanol–water partition coefficient (Wildman–Crippen LogP) is 4.20. The number of piperidine rings is 1. The Hall–Kier alpha value is -2.34. The molecule has 2 aromatic rings. The zero-order chi connectivity index (χ0) is 19.1. The minimum Gasteiger partial charge on any atom is -0.372 e. The van der Waals surface area contributed by atoms with E-state index in [2.05, 4.69) is 43.6 Å². The van der Waals surface area contributed by atoms with Crippen LogP contribution in [-0.2, 0) is 4.79 Å². The third kappa shape index (κ3) is 5.82. The zero-order valence-electron chi connectivity index (χ0n) is 15.2. The topological polar surface area (TPSA) is 61.4 Å². The number of rotatable bonds is 6. The van der Waals surface area contributed by atoms with Crippen molar-refractivity contribution in [3.05, 3.63) is 58.6 Å². The first-order valence-corrected chi connectivity index (χ1v) is 10.1. The molecule has 1 aliphatic heterocycles. The zero-order valence-corrected chi connectivity index (χ0v) is 16.8. The molecule has 1 saturated heterocycles. The normalized spacial score (nSPS) is 13.9. The average molecular weight is 430 g/mol. The first kappa shape index (κ1) is 19.4. The van der Waals surface area contributed by atoms with Crippen LogP contribution in [0.25, 0.3) is 0 Å². The van der Waals surface area contributed by atoms with Gasteiger partial charge in [-0.15, -0.1) is 0 Å². The maximum atomic E-state index is 12.1. The van der Waals surface area contributed by atoms with Crippen LogP contribution in [0.15, 0.2) is 53.0 Å². The van der Waals surface area contributed by atoms with Crippen molar-refractivity contribution in [2.75, 3.05) is 29.9 Å². The van der Waals surface area contributed by atoms with Gasteiger partial charge >= 0.3 is 0 Å². The number of halogens is 1. The van der Waals surface area contributed by atoms with E-state index in [0.29, 0.717) is 12.1 Å². The highest BCUT2D eigenvalue weighted by Gasteiger charge is 2.11. The summed E-state index contributed by atoms with van der Waals surface area (Å²) in [6, 6.07) is 15.1. The second-order valence-corrected chi connectivity index (χ2v) is 7.57. The van der Waals surface area contributed by atoms with Gasteiger partial charge in [0.1, 0.15) is 0 Å². The SMILES string of the molecule is O=C(CCNC(=O)c1ccc(Br)cc1)Nc1ccc(N2CCCCC2)cc1. The van der Waals surface area contributed by atoms with Gasteiger partial charge in [-0.05, 0) is 67.8 Å². The largest absolute Gasteiger partial charge is 0.372 e. The number of carbonyl (C=O) groups excluding carboxylic acids is 2. The first-order chi connectivity index (χ1) is 13.1. The van der Waals surface area contributed by atoms with Gasteiger partial charge in [0, 0.05) is 47.5 Å². The average Bonchev–Trinajstić information content (AvgIpc) is 2.69. The molecule has 0 atom stereocenters. The minimum atomic E-state index is -0.179. The Bertz CT molecular complexity index is 769. The molecule has 2 amide bonds. The van der Waals surface area contributed by atoms with Crippen LogP contribution in [0.3, 0.4) is 0 Å². The highest BCUT2D eigenvalue weighted by atomic mass is 79.9. The van der Waals surface area contributed by atoms with Crippen molar-refractivity contribution >= 4 is 39.1 Å². The number of benzene rings is 2. The summed E-state index contributed by atoms with van der Waals surface area (Å²) in [6.45, 7) is 2.50. The molecule has 3 rings (SSSR count). The van der Waals surface area contributed by atoms with E-state index in [1.54, 1.807) is 12.1 Å². The molecule has 1 fully saturated rings. The molecule has 0 saturated carbocycles. The number of nitrogens with zero attached hydrogens (tertiary/aromatic N) is 1. The summed E-state index contributed by atoms with van der Waals surface area (Å²) >= 11 is 3.34. The van der Waals surface area contributed by atoms with E-state index in [9.17, 15) is 9.59 Å². The fourth-order valence-electron chi connectivity index (χ4n) is 3.12. The monoisotopic (exact) mass is 429 g/mol. The Balaban J connectivity index is 1.42. The lowest BCUT2D eigenvalue weighted by Crippen LogP contribution is -2.29. The van der Waals surface area contributed by atoms with Crippen molar-refractivity contribution in [3.8, 4) is 0 Å². The molecule has 2 aromatic carbocycles. The Labute approximate surface area is 168 Å². The lowest BCUT2D eigenvalue weighted by molar-refractivity contribution is -0.116. The van der Waals surface area contributed by atoms with Crippen molar-refractivity contribution in [3.63, 3.8) is 0 Å². The van der Waals surface area contributed by atoms with Gasteiger partial charge < -0.3 is 15.5 Å². The van der Waals surface area contributed by atoms with Gasteiger partial charge in [0.25, 0.3) is 5.91 Å². The van der Waals surface area contributed by atoms with E-state index in [1.807, 2.05) is 24.3 Å². The molecule has 0 unspecified atom stereocenters. The second-order valence-electron chi connectivity index (χ2n) is 6.66. The number of carbonyl (C=O) groups is 2. The quantitative estimate of drug-likeness (QED) is 0.722. The standard InChI is InChI=1S/C21H24BrN3O2/c22-17-6-4-16(5-7-17)21(27)23-13-12-20(26)24-18-8-10-19(11-9-18)25-14-2-1-3-15-25/h4-11H,1-3,12-15H2,(H,23,27)(H,24,26). The molecular weight excluding hydrogens is 406 g/mol. The summed E-state index contributed by atoms with van der Waals surface area (Å²) in [7, 11) is 0. The van der Waals surface area contributed by atoms with Gasteiger partial charge in [-0.1, -0.05) is 15.9 Å². The van der Waals surface area contributed by atoms with Gasteiger partial charge in [-0.25, -0.2) is 0 Å². The van der Waals surface area contributed by atoms with E-state index in [4.69, 9.17) is 0 Å². The first-order valence-electron chi connectivity index (χ1n) is 9.30. The third-order valence-corrected chi connectivity index (χ3v) is 5.14. The number of nitrogens with one attached hydrogen (secondary N) is 2. The molecule has 5 nitrogen and oxygen atoms in total. The lowest BCUT2D eigenvalue weighted by atomic mass is 10.1. The van der Waals surface area contributed by atoms with Gasteiger partial charge in [0.05, 0.1) is 0 Å². The van der Waals surface area contributed by atoms with E-state index in [1.165, 1.54) is 24.9 Å². The van der Waals surface area contributed by atoms with Crippen LogP contribution in [0.4, 0.5) is 11.4 Å². The van der Waals surface area contributed by atoms with Crippen molar-refractivity contribution in [1.82, 2.24) is 5.32 Å². The molecule has 6 heteroatoms. The highest BCUT2D eigenvalue weighted by Crippen LogP contribution is 2.21. The summed E-state index contributed by atoms with van der Waals surface area (Å²) in [5.74, 6) is -0.294. The summed E-state index contributed by atoms with van der Waals surface area (Å²) in [4.78, 5) is 26.5. The van der Waals surface area contributed by atoms with Crippen LogP contribution in [0, 0.1) is 0 Å². The van der Waals surface area contributed by atoms with Gasteiger partial charge in [-0.2, -0.15) is 0 Å². The predicted molar refractivity (Wildman–Crippen MR) is 112 cm³/mol. The minimum absolute atomic E-state index is 0.114. The fourth-order valence-corrected chi connectivity index (χ4v) is 3.39. The molecule has 0 spiro atoms. The maximum Gasteiger partial charge on any atom is 0.251 e. The molecule has 1 heterocycles. The van der Waals surface area contributed by atoms with Crippen LogP contribution in [0.2, 0.25) is 0 Å². The van der Waals surface area contributed by atoms with Crippen LogP contribution >= 0.6 is 15.9 Å². The van der Waals surface area contributed by atoms with Gasteiger partial charge in [0.2, 0.25) is 5.91 Å². The molecule has 27 heavy (non-hydrogen) atoms. The summed E-state index contributed by atoms with van der Waals surface area (Å²) in [6.07, 6.45) is 4.02. The van der Waals surface area contributed by atoms with Gasteiger partial charge in [-0.3, -0.25) is 9.59 Å². The Morgan fingerprint density at radius 3 is 2.26 bits per heavy atom. The van der Waals surface area contributed by atoms with E-state index >= 15 is 0 Å². The van der Waals surface area contributed by atoms with Crippen LogP contribution < -0.4 is 15.5 Å². The molecule has 0 radical (unpaired) electrons. The van der Waals surface area contributed by atoms with Crippen molar-refractivity contribution in [2.24, 2.45) is 0 Å². The fraction of sp³-hybridized carbons (Fsp3) is 0.333. The van der Waals surface area contributed by atoms with Crippen molar-refractivity contribution in [1.29, 1.82) is 0 Å². The van der Waals surface area contributed by atoms with Crippen LogP contribution in [-0.4, -0.2) is 31.4 Å². The second kappa shape index (κ2) is 9.55. The number of hydrogen-bond acceptors (Lipinski definition) is 3. The maximum absolute atomic E-state index is 12.1. The van der Waals surface area contributed by atoms with E-state index in [0.717, 1.165) is 23.2 Å². The summed E-state index contributed by atoms with van der Waals surface area (Å²) in [5.41, 5.74) is 2.56. The van der Waals surface area contributed by atoms with Gasteiger partial charge in [0.15, 0.2) is 0 Å². The number of hydrogen-bond donors (Lipinski definition) is 2. The van der Waals surface area contributed by atoms with E-state index < -0.39 is 0 Å². The van der Waals surface area contributed by atoms with Crippen LogP contribution in [0.5, 0.6) is 0 Å². The highest BCUT2D eigenvalue weighted by molar-refractivity contribution is 9.10. The molecule has 0 bridgehead atoms. The Morgan fingerprint density at radius 2 is 1.59 bits per heavy atom. The molecular formula is C21H24BrN3O2. The summed E-state index contributed by atoms with van der Waals surface area (Å²) in [5, 5.41) is 5.64. The van der Waals surface area contributed by atoms with Crippen LogP contribution in [0.1, 0.15) is 36.0 Å². The lowest BCUT2D eigenvalue weighted by Gasteiger charge is -2.28. The molecule has 0 aliphatic carbocycles. The molecule has 142 valence electrons. The van der Waals surface area contributed by atoms with Crippen molar-refractivity contribution < 1.29 is 9.59 Å². The Kier molecular flexibility index (Phi) is 6.87. The third-order valence-electron chi connectivity index (χ3n) is 4.62. The smallest absolute Gasteiger partial charge is 0.251 e. The molecule has 0 aromatic heterocycles. The molecule has 2 N–H and O–H groups in total.